The molecule has 2 aliphatic rings. The van der Waals surface area contributed by atoms with Gasteiger partial charge < -0.3 is 19.2 Å². The highest BCUT2D eigenvalue weighted by Crippen LogP contribution is 2.34. The number of aromatic nitrogens is 2. The van der Waals surface area contributed by atoms with Crippen LogP contribution in [-0.4, -0.2) is 51.5 Å². The molecule has 7 heteroatoms. The van der Waals surface area contributed by atoms with Crippen LogP contribution in [0.3, 0.4) is 0 Å². The van der Waals surface area contributed by atoms with Crippen molar-refractivity contribution in [3.8, 4) is 0 Å². The van der Waals surface area contributed by atoms with Crippen molar-refractivity contribution in [1.29, 1.82) is 0 Å². The molecule has 1 amide bonds. The third-order valence-corrected chi connectivity index (χ3v) is 4.70. The zero-order valence-electron chi connectivity index (χ0n) is 13.8. The van der Waals surface area contributed by atoms with E-state index in [1.165, 1.54) is 0 Å². The van der Waals surface area contributed by atoms with Crippen LogP contribution in [0.4, 0.5) is 0 Å². The molecule has 1 atom stereocenters. The highest BCUT2D eigenvalue weighted by atomic mass is 16.5. The van der Waals surface area contributed by atoms with Gasteiger partial charge in [0.2, 0.25) is 17.7 Å². The van der Waals surface area contributed by atoms with Crippen LogP contribution >= 0.6 is 0 Å². The molecular formula is C16H25N3O4. The van der Waals surface area contributed by atoms with Crippen molar-refractivity contribution >= 4 is 5.91 Å². The Balaban J connectivity index is 1.73. The normalized spacial score (nSPS) is 24.3. The maximum atomic E-state index is 12.7. The van der Waals surface area contributed by atoms with Gasteiger partial charge in [0.25, 0.3) is 0 Å². The first-order valence-corrected chi connectivity index (χ1v) is 8.41. The number of rotatable bonds is 4. The molecule has 0 aromatic carbocycles. The van der Waals surface area contributed by atoms with E-state index < -0.39 is 5.60 Å². The molecule has 128 valence electrons. The second-order valence-electron chi connectivity index (χ2n) is 6.92. The first-order valence-electron chi connectivity index (χ1n) is 8.41. The molecule has 1 aromatic rings. The molecule has 1 saturated heterocycles. The van der Waals surface area contributed by atoms with Crippen LogP contribution in [0.25, 0.3) is 0 Å². The SMILES string of the molecule is CC(C)c1nnc([C@@H]2COCCN2C(=O)CC2(O)CCCC2)o1. The monoisotopic (exact) mass is 323 g/mol. The molecule has 7 nitrogen and oxygen atoms in total. The lowest BCUT2D eigenvalue weighted by atomic mass is 9.96. The summed E-state index contributed by atoms with van der Waals surface area (Å²) < 4.78 is 11.2. The zero-order chi connectivity index (χ0) is 16.4. The third-order valence-electron chi connectivity index (χ3n) is 4.70. The van der Waals surface area contributed by atoms with Gasteiger partial charge in [0.1, 0.15) is 6.04 Å². The Morgan fingerprint density at radius 3 is 2.78 bits per heavy atom. The highest BCUT2D eigenvalue weighted by molar-refractivity contribution is 5.77. The van der Waals surface area contributed by atoms with Crippen molar-refractivity contribution in [2.45, 2.75) is 63.5 Å². The number of ether oxygens (including phenoxy) is 1. The van der Waals surface area contributed by atoms with E-state index in [0.717, 1.165) is 12.8 Å². The molecule has 1 N–H and O–H groups in total. The van der Waals surface area contributed by atoms with Gasteiger partial charge in [0, 0.05) is 12.5 Å². The average Bonchev–Trinajstić information content (AvgIpc) is 3.16. The first kappa shape index (κ1) is 16.4. The molecule has 0 radical (unpaired) electrons. The molecule has 0 unspecified atom stereocenters. The van der Waals surface area contributed by atoms with E-state index in [0.29, 0.717) is 44.4 Å². The fraction of sp³-hybridized carbons (Fsp3) is 0.812. The van der Waals surface area contributed by atoms with Gasteiger partial charge in [-0.3, -0.25) is 4.79 Å². The quantitative estimate of drug-likeness (QED) is 0.908. The summed E-state index contributed by atoms with van der Waals surface area (Å²) in [5.41, 5.74) is -0.849. The fourth-order valence-electron chi connectivity index (χ4n) is 3.31. The number of nitrogens with zero attached hydrogens (tertiary/aromatic N) is 3. The number of amides is 1. The van der Waals surface area contributed by atoms with Crippen LogP contribution in [0.2, 0.25) is 0 Å². The maximum Gasteiger partial charge on any atom is 0.241 e. The van der Waals surface area contributed by atoms with Crippen LogP contribution in [0.5, 0.6) is 0 Å². The Labute approximate surface area is 136 Å². The summed E-state index contributed by atoms with van der Waals surface area (Å²) in [4.78, 5) is 14.4. The second-order valence-corrected chi connectivity index (χ2v) is 6.92. The summed E-state index contributed by atoms with van der Waals surface area (Å²) in [6.45, 7) is 5.29. The number of carbonyl (C=O) groups is 1. The van der Waals surface area contributed by atoms with Gasteiger partial charge in [0.05, 0.1) is 25.2 Å². The Morgan fingerprint density at radius 2 is 2.13 bits per heavy atom. The summed E-state index contributed by atoms with van der Waals surface area (Å²) in [5.74, 6) is 1.06. The van der Waals surface area contributed by atoms with E-state index in [2.05, 4.69) is 10.2 Å². The number of morpholine rings is 1. The lowest BCUT2D eigenvalue weighted by Crippen LogP contribution is -2.46. The number of carbonyl (C=O) groups excluding carboxylic acids is 1. The molecule has 1 aliphatic carbocycles. The summed E-state index contributed by atoms with van der Waals surface area (Å²) in [5, 5.41) is 18.6. The van der Waals surface area contributed by atoms with Crippen LogP contribution in [0.15, 0.2) is 4.42 Å². The lowest BCUT2D eigenvalue weighted by Gasteiger charge is -2.35. The van der Waals surface area contributed by atoms with Crippen molar-refractivity contribution in [3.63, 3.8) is 0 Å². The van der Waals surface area contributed by atoms with Crippen molar-refractivity contribution in [1.82, 2.24) is 15.1 Å². The maximum absolute atomic E-state index is 12.7. The minimum Gasteiger partial charge on any atom is -0.423 e. The standard InChI is InChI=1S/C16H25N3O4/c1-11(2)14-17-18-15(23-14)12-10-22-8-7-19(12)13(20)9-16(21)5-3-4-6-16/h11-12,21H,3-10H2,1-2H3/t12-/m0/s1. The Bertz CT molecular complexity index is 551. The molecule has 2 heterocycles. The molecule has 2 fully saturated rings. The molecule has 1 aromatic heterocycles. The van der Waals surface area contributed by atoms with E-state index in [-0.39, 0.29) is 24.3 Å². The van der Waals surface area contributed by atoms with E-state index in [9.17, 15) is 9.90 Å². The van der Waals surface area contributed by atoms with Gasteiger partial charge in [-0.2, -0.15) is 0 Å². The summed E-state index contributed by atoms with van der Waals surface area (Å²) in [6, 6.07) is -0.360. The van der Waals surface area contributed by atoms with Crippen LogP contribution in [0, 0.1) is 0 Å². The minimum atomic E-state index is -0.849. The van der Waals surface area contributed by atoms with E-state index >= 15 is 0 Å². The number of hydrogen-bond acceptors (Lipinski definition) is 6. The van der Waals surface area contributed by atoms with E-state index in [1.54, 1.807) is 4.90 Å². The third kappa shape index (κ3) is 3.55. The van der Waals surface area contributed by atoms with E-state index in [4.69, 9.17) is 9.15 Å². The van der Waals surface area contributed by atoms with Gasteiger partial charge in [0.15, 0.2) is 0 Å². The van der Waals surface area contributed by atoms with Crippen molar-refractivity contribution in [3.05, 3.63) is 11.8 Å². The molecule has 0 bridgehead atoms. The predicted octanol–water partition coefficient (Wildman–Crippen LogP) is 1.79. The van der Waals surface area contributed by atoms with Gasteiger partial charge in [-0.05, 0) is 12.8 Å². The first-order chi connectivity index (χ1) is 11.0. The summed E-state index contributed by atoms with van der Waals surface area (Å²) >= 11 is 0. The van der Waals surface area contributed by atoms with Crippen molar-refractivity contribution in [2.24, 2.45) is 0 Å². The molecule has 0 spiro atoms. The van der Waals surface area contributed by atoms with Gasteiger partial charge >= 0.3 is 0 Å². The topological polar surface area (TPSA) is 88.7 Å². The number of aliphatic hydroxyl groups is 1. The Hall–Kier alpha value is -1.47. The Morgan fingerprint density at radius 1 is 1.39 bits per heavy atom. The smallest absolute Gasteiger partial charge is 0.241 e. The molecule has 1 aliphatic heterocycles. The van der Waals surface area contributed by atoms with Crippen LogP contribution < -0.4 is 0 Å². The van der Waals surface area contributed by atoms with Crippen molar-refractivity contribution < 1.29 is 19.1 Å². The predicted molar refractivity (Wildman–Crippen MR) is 81.7 cm³/mol. The van der Waals surface area contributed by atoms with Crippen LogP contribution in [-0.2, 0) is 9.53 Å². The van der Waals surface area contributed by atoms with E-state index in [1.807, 2.05) is 13.8 Å². The van der Waals surface area contributed by atoms with Gasteiger partial charge in [-0.25, -0.2) is 0 Å². The summed E-state index contributed by atoms with van der Waals surface area (Å²) in [6.07, 6.45) is 3.53. The molecular weight excluding hydrogens is 298 g/mol. The average molecular weight is 323 g/mol. The fourth-order valence-corrected chi connectivity index (χ4v) is 3.31. The largest absolute Gasteiger partial charge is 0.423 e. The van der Waals surface area contributed by atoms with Crippen molar-refractivity contribution in [2.75, 3.05) is 19.8 Å². The van der Waals surface area contributed by atoms with Crippen LogP contribution in [0.1, 0.15) is 69.7 Å². The second kappa shape index (κ2) is 6.57. The highest BCUT2D eigenvalue weighted by Gasteiger charge is 2.39. The zero-order valence-corrected chi connectivity index (χ0v) is 13.8. The summed E-state index contributed by atoms with van der Waals surface area (Å²) in [7, 11) is 0. The number of hydrogen-bond donors (Lipinski definition) is 1. The molecule has 1 saturated carbocycles. The minimum absolute atomic E-state index is 0.0630. The lowest BCUT2D eigenvalue weighted by molar-refractivity contribution is -0.146. The van der Waals surface area contributed by atoms with Gasteiger partial charge in [-0.15, -0.1) is 10.2 Å². The molecule has 3 rings (SSSR count). The van der Waals surface area contributed by atoms with Gasteiger partial charge in [-0.1, -0.05) is 26.7 Å². The Kier molecular flexibility index (Phi) is 4.68. The molecule has 23 heavy (non-hydrogen) atoms.